The molecule has 0 aliphatic heterocycles. The summed E-state index contributed by atoms with van der Waals surface area (Å²) in [7, 11) is 0. The third kappa shape index (κ3) is 4.29. The zero-order chi connectivity index (χ0) is 18.1. The highest BCUT2D eigenvalue weighted by atomic mass is 19.4. The van der Waals surface area contributed by atoms with Crippen LogP contribution in [0.25, 0.3) is 0 Å². The van der Waals surface area contributed by atoms with E-state index in [1.807, 2.05) is 0 Å². The topological polar surface area (TPSA) is 55.1 Å². The molecule has 0 spiro atoms. The average molecular weight is 342 g/mol. The van der Waals surface area contributed by atoms with Crippen LogP contribution in [0.2, 0.25) is 0 Å². The zero-order valence-electron chi connectivity index (χ0n) is 14.3. The van der Waals surface area contributed by atoms with E-state index in [-0.39, 0.29) is 17.9 Å². The molecule has 0 radical (unpaired) electrons. The first-order valence-electron chi connectivity index (χ1n) is 8.27. The van der Waals surface area contributed by atoms with E-state index in [2.05, 4.69) is 5.32 Å². The molecule has 6 heteroatoms. The molecule has 24 heavy (non-hydrogen) atoms. The number of carbonyl (C=O) groups is 1. The van der Waals surface area contributed by atoms with Crippen molar-refractivity contribution in [1.82, 2.24) is 5.32 Å². The maximum Gasteiger partial charge on any atom is 0.416 e. The number of hydrogen-bond donors (Lipinski definition) is 2. The van der Waals surface area contributed by atoms with Gasteiger partial charge >= 0.3 is 6.18 Å². The van der Waals surface area contributed by atoms with E-state index >= 15 is 0 Å². The van der Waals surface area contributed by atoms with Crippen molar-refractivity contribution in [2.45, 2.75) is 64.2 Å². The van der Waals surface area contributed by atoms with Crippen molar-refractivity contribution in [3.8, 4) is 0 Å². The fraction of sp³-hybridized carbons (Fsp3) is 0.611. The largest absolute Gasteiger partial charge is 0.416 e. The summed E-state index contributed by atoms with van der Waals surface area (Å²) in [5.74, 6) is -0.452. The molecular formula is C18H25F3N2O. The summed E-state index contributed by atoms with van der Waals surface area (Å²) in [5.41, 5.74) is 5.38. The molecule has 3 nitrogen and oxygen atoms in total. The zero-order valence-corrected chi connectivity index (χ0v) is 14.3. The van der Waals surface area contributed by atoms with Crippen molar-refractivity contribution < 1.29 is 18.0 Å². The lowest BCUT2D eigenvalue weighted by molar-refractivity contribution is -0.137. The van der Waals surface area contributed by atoms with Gasteiger partial charge in [-0.05, 0) is 51.3 Å². The second kappa shape index (κ2) is 6.75. The molecule has 134 valence electrons. The standard InChI is InChI=1S/C18H25F3N2O/c1-11-8-12(10-13(9-11)18(19,20)21)17(2,3)23-16(24)14-6-4-5-7-15(14)22/h8-10,14-15H,4-7,22H2,1-3H3,(H,23,24)/t14?,15-/m0/s1. The molecule has 1 saturated carbocycles. The van der Waals surface area contributed by atoms with Crippen molar-refractivity contribution in [3.63, 3.8) is 0 Å². The van der Waals surface area contributed by atoms with Gasteiger partial charge in [-0.2, -0.15) is 13.2 Å². The number of amides is 1. The van der Waals surface area contributed by atoms with E-state index in [1.54, 1.807) is 26.8 Å². The van der Waals surface area contributed by atoms with Gasteiger partial charge in [-0.3, -0.25) is 4.79 Å². The number of benzene rings is 1. The Morgan fingerprint density at radius 1 is 1.12 bits per heavy atom. The van der Waals surface area contributed by atoms with Crippen molar-refractivity contribution in [3.05, 3.63) is 34.9 Å². The van der Waals surface area contributed by atoms with Gasteiger partial charge in [-0.1, -0.05) is 24.5 Å². The van der Waals surface area contributed by atoms with Crippen LogP contribution >= 0.6 is 0 Å². The molecule has 3 N–H and O–H groups in total. The van der Waals surface area contributed by atoms with Crippen LogP contribution in [0.4, 0.5) is 13.2 Å². The summed E-state index contributed by atoms with van der Waals surface area (Å²) in [5, 5.41) is 2.89. The number of carbonyl (C=O) groups excluding carboxylic acids is 1. The van der Waals surface area contributed by atoms with Gasteiger partial charge in [0.15, 0.2) is 0 Å². The first kappa shape index (κ1) is 18.8. The van der Waals surface area contributed by atoms with E-state index in [9.17, 15) is 18.0 Å². The number of alkyl halides is 3. The Kier molecular flexibility index (Phi) is 5.28. The molecule has 0 heterocycles. The molecule has 0 bridgehead atoms. The summed E-state index contributed by atoms with van der Waals surface area (Å²) < 4.78 is 39.1. The highest BCUT2D eigenvalue weighted by Crippen LogP contribution is 2.33. The van der Waals surface area contributed by atoms with Crippen LogP contribution in [-0.4, -0.2) is 11.9 Å². The second-order valence-corrected chi connectivity index (χ2v) is 7.25. The SMILES string of the molecule is Cc1cc(C(F)(F)F)cc(C(C)(C)NC(=O)C2CCCC[C@@H]2N)c1. The van der Waals surface area contributed by atoms with Crippen LogP contribution in [-0.2, 0) is 16.5 Å². The summed E-state index contributed by atoms with van der Waals surface area (Å²) in [6.45, 7) is 5.05. The van der Waals surface area contributed by atoms with Crippen LogP contribution < -0.4 is 11.1 Å². The van der Waals surface area contributed by atoms with Crippen LogP contribution in [0.3, 0.4) is 0 Å². The molecule has 1 aromatic rings. The van der Waals surface area contributed by atoms with Gasteiger partial charge in [0.1, 0.15) is 0 Å². The first-order chi connectivity index (χ1) is 11.0. The second-order valence-electron chi connectivity index (χ2n) is 7.25. The molecule has 2 atom stereocenters. The van der Waals surface area contributed by atoms with E-state index in [0.29, 0.717) is 11.1 Å². The Morgan fingerprint density at radius 3 is 2.29 bits per heavy atom. The predicted molar refractivity (Wildman–Crippen MR) is 87.3 cm³/mol. The van der Waals surface area contributed by atoms with E-state index < -0.39 is 17.3 Å². The van der Waals surface area contributed by atoms with Gasteiger partial charge in [0.2, 0.25) is 5.91 Å². The molecule has 2 rings (SSSR count). The molecule has 1 aromatic carbocycles. The number of halogens is 3. The van der Waals surface area contributed by atoms with Gasteiger partial charge in [0.25, 0.3) is 0 Å². The lowest BCUT2D eigenvalue weighted by Gasteiger charge is -2.33. The van der Waals surface area contributed by atoms with Crippen molar-refractivity contribution in [2.24, 2.45) is 11.7 Å². The Morgan fingerprint density at radius 2 is 1.71 bits per heavy atom. The summed E-state index contributed by atoms with van der Waals surface area (Å²) >= 11 is 0. The maximum absolute atomic E-state index is 13.0. The van der Waals surface area contributed by atoms with Crippen LogP contribution in [0.5, 0.6) is 0 Å². The van der Waals surface area contributed by atoms with E-state index in [1.165, 1.54) is 0 Å². The third-order valence-electron chi connectivity index (χ3n) is 4.72. The quantitative estimate of drug-likeness (QED) is 0.876. The van der Waals surface area contributed by atoms with Gasteiger partial charge < -0.3 is 11.1 Å². The average Bonchev–Trinajstić information content (AvgIpc) is 2.45. The fourth-order valence-electron chi connectivity index (χ4n) is 3.27. The summed E-state index contributed by atoms with van der Waals surface area (Å²) in [4.78, 5) is 12.6. The smallest absolute Gasteiger partial charge is 0.347 e. The van der Waals surface area contributed by atoms with Gasteiger partial charge in [0.05, 0.1) is 17.0 Å². The molecule has 0 saturated heterocycles. The lowest BCUT2D eigenvalue weighted by Crippen LogP contribution is -2.49. The number of nitrogens with one attached hydrogen (secondary N) is 1. The van der Waals surface area contributed by atoms with Gasteiger partial charge in [-0.15, -0.1) is 0 Å². The number of rotatable bonds is 3. The van der Waals surface area contributed by atoms with Gasteiger partial charge in [-0.25, -0.2) is 0 Å². The monoisotopic (exact) mass is 342 g/mol. The molecule has 1 fully saturated rings. The number of hydrogen-bond acceptors (Lipinski definition) is 2. The lowest BCUT2D eigenvalue weighted by atomic mass is 9.83. The van der Waals surface area contributed by atoms with Crippen molar-refractivity contribution >= 4 is 5.91 Å². The molecule has 1 amide bonds. The maximum atomic E-state index is 13.0. The Hall–Kier alpha value is -1.56. The first-order valence-corrected chi connectivity index (χ1v) is 8.27. The number of aryl methyl sites for hydroxylation is 1. The molecular weight excluding hydrogens is 317 g/mol. The van der Waals surface area contributed by atoms with E-state index in [4.69, 9.17) is 5.73 Å². The highest BCUT2D eigenvalue weighted by Gasteiger charge is 2.35. The van der Waals surface area contributed by atoms with Gasteiger partial charge in [0, 0.05) is 6.04 Å². The number of nitrogens with two attached hydrogens (primary N) is 1. The van der Waals surface area contributed by atoms with Crippen molar-refractivity contribution in [1.29, 1.82) is 0 Å². The van der Waals surface area contributed by atoms with E-state index in [0.717, 1.165) is 37.8 Å². The molecule has 1 aliphatic carbocycles. The normalized spacial score (nSPS) is 22.3. The molecule has 1 unspecified atom stereocenters. The van der Waals surface area contributed by atoms with Crippen LogP contribution in [0.1, 0.15) is 56.2 Å². The Bertz CT molecular complexity index is 611. The predicted octanol–water partition coefficient (Wildman–Crippen LogP) is 3.88. The minimum absolute atomic E-state index is 0.178. The Balaban J connectivity index is 2.23. The minimum atomic E-state index is -4.41. The Labute approximate surface area is 140 Å². The van der Waals surface area contributed by atoms with Crippen LogP contribution in [0.15, 0.2) is 18.2 Å². The molecule has 0 aromatic heterocycles. The fourth-order valence-corrected chi connectivity index (χ4v) is 3.27. The third-order valence-corrected chi connectivity index (χ3v) is 4.72. The van der Waals surface area contributed by atoms with Crippen LogP contribution in [0, 0.1) is 12.8 Å². The summed E-state index contributed by atoms with van der Waals surface area (Å²) in [6.07, 6.45) is -0.908. The highest BCUT2D eigenvalue weighted by molar-refractivity contribution is 5.80. The minimum Gasteiger partial charge on any atom is -0.347 e. The van der Waals surface area contributed by atoms with Crippen molar-refractivity contribution in [2.75, 3.05) is 0 Å². The summed E-state index contributed by atoms with van der Waals surface area (Å²) in [6, 6.07) is 3.71. The molecule has 1 aliphatic rings.